The van der Waals surface area contributed by atoms with Gasteiger partial charge in [0.25, 0.3) is 0 Å². The highest BCUT2D eigenvalue weighted by Crippen LogP contribution is 2.31. The molecule has 0 amide bonds. The summed E-state index contributed by atoms with van der Waals surface area (Å²) in [5.41, 5.74) is 0. The van der Waals surface area contributed by atoms with Crippen LogP contribution in [-0.2, 0) is 10.8 Å². The zero-order chi connectivity index (χ0) is 10.1. The van der Waals surface area contributed by atoms with E-state index in [0.29, 0.717) is 0 Å². The molecule has 0 radical (unpaired) electrons. The summed E-state index contributed by atoms with van der Waals surface area (Å²) in [6.07, 6.45) is 4.65. The van der Waals surface area contributed by atoms with Crippen LogP contribution in [0.3, 0.4) is 0 Å². The van der Waals surface area contributed by atoms with Crippen LogP contribution in [-0.4, -0.2) is 14.5 Å². The van der Waals surface area contributed by atoms with Gasteiger partial charge in [-0.2, -0.15) is 0 Å². The zero-order valence-electron chi connectivity index (χ0n) is 8.06. The highest BCUT2D eigenvalue weighted by molar-refractivity contribution is 8.78. The van der Waals surface area contributed by atoms with Crippen molar-refractivity contribution in [1.29, 1.82) is 0 Å². The van der Waals surface area contributed by atoms with Crippen molar-refractivity contribution in [2.45, 2.75) is 24.9 Å². The molecule has 13 heavy (non-hydrogen) atoms. The molecule has 1 nitrogen and oxygen atoms in total. The predicted octanol–water partition coefficient (Wildman–Crippen LogP) is 3.57. The number of rotatable bonds is 7. The first-order valence-electron chi connectivity index (χ1n) is 4.17. The predicted molar refractivity (Wildman–Crippen MR) is 67.3 cm³/mol. The highest BCUT2D eigenvalue weighted by Gasteiger charge is 2.12. The second-order valence-corrected chi connectivity index (χ2v) is 6.72. The Morgan fingerprint density at radius 3 is 2.77 bits per heavy atom. The Bertz CT molecular complexity index is 189. The summed E-state index contributed by atoms with van der Waals surface area (Å²) in [5, 5.41) is 1.76. The third-order valence-electron chi connectivity index (χ3n) is 1.22. The van der Waals surface area contributed by atoms with Gasteiger partial charge in [0, 0.05) is 5.75 Å². The van der Waals surface area contributed by atoms with Crippen LogP contribution in [0.2, 0.25) is 0 Å². The van der Waals surface area contributed by atoms with Crippen LogP contribution in [0, 0.1) is 0 Å². The summed E-state index contributed by atoms with van der Waals surface area (Å²) in [7, 11) is 2.57. The van der Waals surface area contributed by atoms with E-state index in [1.807, 2.05) is 19.1 Å². The molecule has 0 saturated heterocycles. The molecule has 0 N–H and O–H groups in total. The second-order valence-electron chi connectivity index (χ2n) is 2.31. The summed E-state index contributed by atoms with van der Waals surface area (Å²) in [4.78, 5) is 0. The van der Waals surface area contributed by atoms with Crippen molar-refractivity contribution < 1.29 is 4.21 Å². The monoisotopic (exact) mass is 236 g/mol. The lowest BCUT2D eigenvalue weighted by atomic mass is 10.6. The SMILES string of the molecule is C=CCSSC(CC)S(=O)C=CC. The Labute approximate surface area is 91.3 Å². The molecule has 2 atom stereocenters. The number of hydrogen-bond donors (Lipinski definition) is 0. The van der Waals surface area contributed by atoms with Gasteiger partial charge in [0.15, 0.2) is 0 Å². The van der Waals surface area contributed by atoms with E-state index in [1.54, 1.807) is 27.0 Å². The topological polar surface area (TPSA) is 17.1 Å². The molecule has 0 aromatic heterocycles. The molecule has 0 aromatic rings. The molecule has 0 saturated carbocycles. The Balaban J connectivity index is 3.87. The minimum absolute atomic E-state index is 0.209. The average Bonchev–Trinajstić information content (AvgIpc) is 2.13. The van der Waals surface area contributed by atoms with Crippen molar-refractivity contribution in [2.24, 2.45) is 0 Å². The van der Waals surface area contributed by atoms with Crippen molar-refractivity contribution >= 4 is 32.4 Å². The normalized spacial score (nSPS) is 15.8. The maximum atomic E-state index is 11.5. The Morgan fingerprint density at radius 1 is 1.62 bits per heavy atom. The van der Waals surface area contributed by atoms with Crippen molar-refractivity contribution in [2.75, 3.05) is 5.75 Å². The maximum absolute atomic E-state index is 11.5. The van der Waals surface area contributed by atoms with Gasteiger partial charge in [-0.15, -0.1) is 6.58 Å². The van der Waals surface area contributed by atoms with Gasteiger partial charge in [-0.3, -0.25) is 4.21 Å². The third kappa shape index (κ3) is 6.41. The number of hydrogen-bond acceptors (Lipinski definition) is 3. The first-order chi connectivity index (χ1) is 6.26. The van der Waals surface area contributed by atoms with Gasteiger partial charge in [0.2, 0.25) is 0 Å². The first kappa shape index (κ1) is 13.3. The van der Waals surface area contributed by atoms with E-state index in [2.05, 4.69) is 13.5 Å². The Kier molecular flexibility index (Phi) is 9.13. The molecule has 0 aromatic carbocycles. The van der Waals surface area contributed by atoms with Gasteiger partial charge in [-0.1, -0.05) is 40.7 Å². The van der Waals surface area contributed by atoms with Crippen LogP contribution in [0.5, 0.6) is 0 Å². The minimum atomic E-state index is -0.834. The van der Waals surface area contributed by atoms with E-state index >= 15 is 0 Å². The summed E-state index contributed by atoms with van der Waals surface area (Å²) in [5.74, 6) is 0.911. The van der Waals surface area contributed by atoms with E-state index in [1.165, 1.54) is 0 Å². The van der Waals surface area contributed by atoms with E-state index in [0.717, 1.165) is 12.2 Å². The Hall–Kier alpha value is 0.330. The molecular weight excluding hydrogens is 220 g/mol. The Morgan fingerprint density at radius 2 is 2.31 bits per heavy atom. The summed E-state index contributed by atoms with van der Waals surface area (Å²) in [6.45, 7) is 7.60. The van der Waals surface area contributed by atoms with Crippen LogP contribution in [0.1, 0.15) is 20.3 Å². The van der Waals surface area contributed by atoms with Gasteiger partial charge in [-0.25, -0.2) is 0 Å². The van der Waals surface area contributed by atoms with Crippen LogP contribution < -0.4 is 0 Å². The summed E-state index contributed by atoms with van der Waals surface area (Å²) >= 11 is 0. The van der Waals surface area contributed by atoms with Crippen LogP contribution >= 0.6 is 21.6 Å². The largest absolute Gasteiger partial charge is 0.254 e. The molecule has 4 heteroatoms. The summed E-state index contributed by atoms with van der Waals surface area (Å²) in [6, 6.07) is 0. The van der Waals surface area contributed by atoms with Gasteiger partial charge >= 0.3 is 0 Å². The molecule has 0 aliphatic rings. The quantitative estimate of drug-likeness (QED) is 0.382. The van der Waals surface area contributed by atoms with Crippen LogP contribution in [0.25, 0.3) is 0 Å². The fourth-order valence-electron chi connectivity index (χ4n) is 0.656. The lowest BCUT2D eigenvalue weighted by molar-refractivity contribution is 0.685. The van der Waals surface area contributed by atoms with Gasteiger partial charge in [0.05, 0.1) is 15.4 Å². The second kappa shape index (κ2) is 8.91. The molecule has 0 heterocycles. The average molecular weight is 236 g/mol. The van der Waals surface area contributed by atoms with Crippen LogP contribution in [0.15, 0.2) is 24.1 Å². The smallest absolute Gasteiger partial charge is 0.0942 e. The van der Waals surface area contributed by atoms with Gasteiger partial charge < -0.3 is 0 Å². The molecule has 0 aliphatic carbocycles. The molecule has 0 bridgehead atoms. The molecule has 0 aliphatic heterocycles. The standard InChI is InChI=1S/C9H16OS3/c1-4-7-11-12-9(6-3)13(10)8-5-2/h4-5,8-9H,1,6-7H2,2-3H3. The zero-order valence-corrected chi connectivity index (χ0v) is 10.5. The van der Waals surface area contributed by atoms with Crippen molar-refractivity contribution in [3.8, 4) is 0 Å². The van der Waals surface area contributed by atoms with E-state index in [-0.39, 0.29) is 4.58 Å². The fraction of sp³-hybridized carbons (Fsp3) is 0.556. The van der Waals surface area contributed by atoms with Crippen molar-refractivity contribution in [1.82, 2.24) is 0 Å². The lowest BCUT2D eigenvalue weighted by Crippen LogP contribution is -2.05. The molecule has 0 spiro atoms. The molecule has 2 unspecified atom stereocenters. The first-order valence-corrected chi connectivity index (χ1v) is 7.83. The van der Waals surface area contributed by atoms with Crippen molar-refractivity contribution in [3.05, 3.63) is 24.1 Å². The molecule has 76 valence electrons. The van der Waals surface area contributed by atoms with Gasteiger partial charge in [-0.05, 0) is 18.8 Å². The number of allylic oxidation sites excluding steroid dienone is 1. The molecule has 0 rings (SSSR count). The fourth-order valence-corrected chi connectivity index (χ4v) is 4.98. The van der Waals surface area contributed by atoms with E-state index in [4.69, 9.17) is 0 Å². The molecule has 0 fully saturated rings. The molecular formula is C9H16OS3. The third-order valence-corrected chi connectivity index (χ3v) is 6.41. The summed E-state index contributed by atoms with van der Waals surface area (Å²) < 4.78 is 11.7. The maximum Gasteiger partial charge on any atom is 0.0942 e. The van der Waals surface area contributed by atoms with Gasteiger partial charge in [0.1, 0.15) is 0 Å². The van der Waals surface area contributed by atoms with Crippen molar-refractivity contribution in [3.63, 3.8) is 0 Å². The minimum Gasteiger partial charge on any atom is -0.254 e. The lowest BCUT2D eigenvalue weighted by Gasteiger charge is -2.09. The van der Waals surface area contributed by atoms with E-state index < -0.39 is 10.8 Å². The highest BCUT2D eigenvalue weighted by atomic mass is 33.1. The van der Waals surface area contributed by atoms with Crippen LogP contribution in [0.4, 0.5) is 0 Å². The van der Waals surface area contributed by atoms with E-state index in [9.17, 15) is 4.21 Å².